The lowest BCUT2D eigenvalue weighted by Gasteiger charge is -2.40. The van der Waals surface area contributed by atoms with Crippen molar-refractivity contribution < 1.29 is 23.8 Å². The highest BCUT2D eigenvalue weighted by Crippen LogP contribution is 2.29. The van der Waals surface area contributed by atoms with Crippen molar-refractivity contribution in [2.24, 2.45) is 0 Å². The topological polar surface area (TPSA) is 66.8 Å². The number of carboxylic acids is 1. The van der Waals surface area contributed by atoms with Crippen molar-refractivity contribution in [2.45, 2.75) is 39.7 Å². The fourth-order valence-electron chi connectivity index (χ4n) is 2.13. The number of rotatable bonds is 2. The number of carbonyl (C=O) groups is 2. The van der Waals surface area contributed by atoms with Crippen LogP contribution in [-0.2, 0) is 4.74 Å². The van der Waals surface area contributed by atoms with Crippen molar-refractivity contribution in [3.8, 4) is 0 Å². The fraction of sp³-hybridized carbons (Fsp3) is 0.500. The van der Waals surface area contributed by atoms with Crippen molar-refractivity contribution in [2.75, 3.05) is 13.1 Å². The van der Waals surface area contributed by atoms with Gasteiger partial charge < -0.3 is 14.7 Å². The molecule has 1 aliphatic heterocycles. The number of aromatic carboxylic acids is 1. The molecule has 122 valence electrons. The number of nitrogens with zero attached hydrogens (tertiary/aromatic N) is 1. The molecule has 1 amide bonds. The van der Waals surface area contributed by atoms with Crippen molar-refractivity contribution in [3.63, 3.8) is 0 Å². The van der Waals surface area contributed by atoms with Gasteiger partial charge >= 0.3 is 12.1 Å². The Kier molecular flexibility index (Phi) is 5.17. The maximum Gasteiger partial charge on any atom is 0.410 e. The molecule has 0 atom stereocenters. The predicted octanol–water partition coefficient (Wildman–Crippen LogP) is 3.49. The Balaban J connectivity index is 0.00000242. The van der Waals surface area contributed by atoms with E-state index in [0.29, 0.717) is 18.7 Å². The van der Waals surface area contributed by atoms with Crippen LogP contribution in [0.25, 0.3) is 0 Å². The molecule has 22 heavy (non-hydrogen) atoms. The summed E-state index contributed by atoms with van der Waals surface area (Å²) in [4.78, 5) is 24.2. The van der Waals surface area contributed by atoms with Crippen LogP contribution in [0, 0.1) is 5.82 Å². The average molecular weight is 311 g/mol. The van der Waals surface area contributed by atoms with Crippen LogP contribution in [-0.4, -0.2) is 40.8 Å². The molecular formula is C16H22FNO4. The number of hydrogen-bond donors (Lipinski definition) is 1. The third kappa shape index (κ3) is 3.96. The van der Waals surface area contributed by atoms with E-state index < -0.39 is 17.4 Å². The molecule has 0 saturated carbocycles. The third-order valence-corrected chi connectivity index (χ3v) is 3.23. The van der Waals surface area contributed by atoms with E-state index in [0.717, 1.165) is 6.07 Å². The summed E-state index contributed by atoms with van der Waals surface area (Å²) >= 11 is 0. The maximum absolute atomic E-state index is 13.3. The van der Waals surface area contributed by atoms with Crippen molar-refractivity contribution in [3.05, 3.63) is 35.1 Å². The Morgan fingerprint density at radius 2 is 1.91 bits per heavy atom. The summed E-state index contributed by atoms with van der Waals surface area (Å²) in [6.45, 7) is 6.27. The number of amides is 1. The number of hydrogen-bond acceptors (Lipinski definition) is 3. The molecule has 2 rings (SSSR count). The standard InChI is InChI=1S/C15H18FNO4.CH4/c1-15(2,3)21-14(20)17-7-10(8-17)9-4-5-12(16)11(6-9)13(18)19;/h4-6,10H,7-8H2,1-3H3,(H,18,19);1H4. The van der Waals surface area contributed by atoms with E-state index in [1.54, 1.807) is 31.7 Å². The quantitative estimate of drug-likeness (QED) is 0.908. The maximum atomic E-state index is 13.3. The van der Waals surface area contributed by atoms with Gasteiger partial charge in [-0.25, -0.2) is 14.0 Å². The van der Waals surface area contributed by atoms with E-state index in [-0.39, 0.29) is 25.0 Å². The highest BCUT2D eigenvalue weighted by atomic mass is 19.1. The zero-order chi connectivity index (χ0) is 15.8. The first kappa shape index (κ1) is 17.9. The Morgan fingerprint density at radius 3 is 2.41 bits per heavy atom. The molecule has 0 aliphatic carbocycles. The van der Waals surface area contributed by atoms with Crippen LogP contribution in [0.2, 0.25) is 0 Å². The predicted molar refractivity (Wildman–Crippen MR) is 80.6 cm³/mol. The Hall–Kier alpha value is -2.11. The molecule has 1 aromatic carbocycles. The molecule has 1 saturated heterocycles. The normalized spacial score (nSPS) is 14.8. The number of halogens is 1. The third-order valence-electron chi connectivity index (χ3n) is 3.23. The molecule has 1 aliphatic rings. The van der Waals surface area contributed by atoms with Gasteiger partial charge in [-0.2, -0.15) is 0 Å². The number of benzene rings is 1. The number of carbonyl (C=O) groups excluding carboxylic acids is 1. The Bertz CT molecular complexity index is 574. The molecule has 1 heterocycles. The largest absolute Gasteiger partial charge is 0.478 e. The molecule has 0 radical (unpaired) electrons. The summed E-state index contributed by atoms with van der Waals surface area (Å²) in [7, 11) is 0. The van der Waals surface area contributed by atoms with E-state index in [2.05, 4.69) is 0 Å². The lowest BCUT2D eigenvalue weighted by Crippen LogP contribution is -2.50. The molecule has 6 heteroatoms. The zero-order valence-electron chi connectivity index (χ0n) is 12.2. The van der Waals surface area contributed by atoms with Crippen LogP contribution < -0.4 is 0 Å². The number of likely N-dealkylation sites (tertiary alicyclic amines) is 1. The Labute approximate surface area is 129 Å². The molecule has 0 spiro atoms. The van der Waals surface area contributed by atoms with Gasteiger partial charge in [-0.05, 0) is 38.5 Å². The number of ether oxygens (including phenoxy) is 1. The minimum atomic E-state index is -1.29. The number of carboxylic acid groups (broad SMARTS) is 1. The second kappa shape index (κ2) is 6.34. The highest BCUT2D eigenvalue weighted by molar-refractivity contribution is 5.88. The van der Waals surface area contributed by atoms with Gasteiger partial charge in [0, 0.05) is 19.0 Å². The monoisotopic (exact) mass is 311 g/mol. The van der Waals surface area contributed by atoms with Crippen LogP contribution in [0.3, 0.4) is 0 Å². The average Bonchev–Trinajstić information content (AvgIpc) is 2.26. The molecule has 0 bridgehead atoms. The van der Waals surface area contributed by atoms with E-state index in [1.807, 2.05) is 0 Å². The summed E-state index contributed by atoms with van der Waals surface area (Å²) in [6.07, 6.45) is -0.390. The molecule has 1 fully saturated rings. The first-order valence-electron chi connectivity index (χ1n) is 6.68. The minimum Gasteiger partial charge on any atom is -0.478 e. The minimum absolute atomic E-state index is 0. The highest BCUT2D eigenvalue weighted by Gasteiger charge is 2.34. The van der Waals surface area contributed by atoms with E-state index in [4.69, 9.17) is 9.84 Å². The first-order valence-corrected chi connectivity index (χ1v) is 6.68. The van der Waals surface area contributed by atoms with Crippen LogP contribution in [0.1, 0.15) is 50.0 Å². The molecule has 0 aromatic heterocycles. The van der Waals surface area contributed by atoms with Gasteiger partial charge in [0.25, 0.3) is 0 Å². The van der Waals surface area contributed by atoms with Crippen LogP contribution >= 0.6 is 0 Å². The lowest BCUT2D eigenvalue weighted by atomic mass is 9.90. The summed E-state index contributed by atoms with van der Waals surface area (Å²) in [5, 5.41) is 8.91. The van der Waals surface area contributed by atoms with Crippen molar-refractivity contribution >= 4 is 12.1 Å². The van der Waals surface area contributed by atoms with Gasteiger partial charge in [0.1, 0.15) is 11.4 Å². The van der Waals surface area contributed by atoms with Gasteiger partial charge in [0.15, 0.2) is 0 Å². The first-order chi connectivity index (χ1) is 9.67. The SMILES string of the molecule is C.CC(C)(C)OC(=O)N1CC(c2ccc(F)c(C(=O)O)c2)C1. The second-order valence-corrected chi connectivity index (χ2v) is 6.13. The van der Waals surface area contributed by atoms with Gasteiger partial charge in [0.05, 0.1) is 5.56 Å². The van der Waals surface area contributed by atoms with Gasteiger partial charge in [-0.1, -0.05) is 13.5 Å². The van der Waals surface area contributed by atoms with E-state index in [9.17, 15) is 14.0 Å². The molecule has 1 N–H and O–H groups in total. The van der Waals surface area contributed by atoms with Crippen LogP contribution in [0.5, 0.6) is 0 Å². The van der Waals surface area contributed by atoms with Gasteiger partial charge in [-0.3, -0.25) is 0 Å². The van der Waals surface area contributed by atoms with Crippen molar-refractivity contribution in [1.82, 2.24) is 4.90 Å². The zero-order valence-corrected chi connectivity index (χ0v) is 12.2. The summed E-state index contributed by atoms with van der Waals surface area (Å²) in [5.74, 6) is -2.04. The van der Waals surface area contributed by atoms with E-state index in [1.165, 1.54) is 6.07 Å². The fourth-order valence-corrected chi connectivity index (χ4v) is 2.13. The summed E-state index contributed by atoms with van der Waals surface area (Å²) in [5.41, 5.74) is -0.175. The molecule has 5 nitrogen and oxygen atoms in total. The van der Waals surface area contributed by atoms with Crippen LogP contribution in [0.4, 0.5) is 9.18 Å². The second-order valence-electron chi connectivity index (χ2n) is 6.13. The van der Waals surface area contributed by atoms with Gasteiger partial charge in [-0.15, -0.1) is 0 Å². The summed E-state index contributed by atoms with van der Waals surface area (Å²) in [6, 6.07) is 4.03. The van der Waals surface area contributed by atoms with E-state index >= 15 is 0 Å². The molecule has 0 unspecified atom stereocenters. The van der Waals surface area contributed by atoms with Crippen LogP contribution in [0.15, 0.2) is 18.2 Å². The smallest absolute Gasteiger partial charge is 0.410 e. The Morgan fingerprint density at radius 1 is 1.32 bits per heavy atom. The summed E-state index contributed by atoms with van der Waals surface area (Å²) < 4.78 is 18.6. The lowest BCUT2D eigenvalue weighted by molar-refractivity contribution is 0.00814. The molecular weight excluding hydrogens is 289 g/mol. The van der Waals surface area contributed by atoms with Gasteiger partial charge in [0.2, 0.25) is 0 Å². The van der Waals surface area contributed by atoms with Crippen molar-refractivity contribution in [1.29, 1.82) is 0 Å². The molecule has 1 aromatic rings.